The number of amides is 1. The molecule has 0 aliphatic heterocycles. The van der Waals surface area contributed by atoms with E-state index in [9.17, 15) is 4.79 Å². The van der Waals surface area contributed by atoms with E-state index >= 15 is 0 Å². The second-order valence-electron chi connectivity index (χ2n) is 4.72. The normalized spacial score (nSPS) is 10.2. The summed E-state index contributed by atoms with van der Waals surface area (Å²) in [4.78, 5) is 11.9. The van der Waals surface area contributed by atoms with Gasteiger partial charge in [-0.25, -0.2) is 0 Å². The number of rotatable bonds is 5. The molecule has 0 bridgehead atoms. The Labute approximate surface area is 142 Å². The number of carbonyl (C=O) groups is 1. The standard InChI is InChI=1S/C16H16BrClN2O2/c1-10-3-4-12(7-13(10)17)20-16(21)9-19-11-5-6-15(22-2)14(18)8-11/h3-8,19H,9H2,1-2H3,(H,20,21). The minimum Gasteiger partial charge on any atom is -0.495 e. The molecule has 2 N–H and O–H groups in total. The zero-order valence-corrected chi connectivity index (χ0v) is 14.6. The lowest BCUT2D eigenvalue weighted by molar-refractivity contribution is -0.114. The summed E-state index contributed by atoms with van der Waals surface area (Å²) in [6.07, 6.45) is 0. The predicted molar refractivity (Wildman–Crippen MR) is 94.0 cm³/mol. The van der Waals surface area contributed by atoms with Crippen molar-refractivity contribution in [1.82, 2.24) is 0 Å². The molecule has 0 aromatic heterocycles. The van der Waals surface area contributed by atoms with Crippen molar-refractivity contribution in [3.63, 3.8) is 0 Å². The van der Waals surface area contributed by atoms with Crippen molar-refractivity contribution in [2.24, 2.45) is 0 Å². The monoisotopic (exact) mass is 382 g/mol. The van der Waals surface area contributed by atoms with Gasteiger partial charge in [0.15, 0.2) is 0 Å². The lowest BCUT2D eigenvalue weighted by Crippen LogP contribution is -2.21. The molecule has 0 fully saturated rings. The molecule has 0 atom stereocenters. The van der Waals surface area contributed by atoms with E-state index in [1.807, 2.05) is 25.1 Å². The van der Waals surface area contributed by atoms with Gasteiger partial charge in [0.25, 0.3) is 0 Å². The van der Waals surface area contributed by atoms with Crippen molar-refractivity contribution in [3.05, 3.63) is 51.5 Å². The fourth-order valence-electron chi connectivity index (χ4n) is 1.83. The van der Waals surface area contributed by atoms with Crippen LogP contribution < -0.4 is 15.4 Å². The van der Waals surface area contributed by atoms with E-state index < -0.39 is 0 Å². The van der Waals surface area contributed by atoms with Crippen LogP contribution in [0, 0.1) is 6.92 Å². The van der Waals surface area contributed by atoms with Gasteiger partial charge in [-0.15, -0.1) is 0 Å². The Morgan fingerprint density at radius 2 is 1.95 bits per heavy atom. The Balaban J connectivity index is 1.92. The number of hydrogen-bond acceptors (Lipinski definition) is 3. The molecule has 6 heteroatoms. The molecule has 0 aliphatic carbocycles. The summed E-state index contributed by atoms with van der Waals surface area (Å²) >= 11 is 9.48. The fraction of sp³-hybridized carbons (Fsp3) is 0.188. The van der Waals surface area contributed by atoms with Crippen molar-refractivity contribution in [1.29, 1.82) is 0 Å². The third-order valence-electron chi connectivity index (χ3n) is 3.06. The van der Waals surface area contributed by atoms with Gasteiger partial charge in [0.2, 0.25) is 5.91 Å². The topological polar surface area (TPSA) is 50.4 Å². The third kappa shape index (κ3) is 4.39. The summed E-state index contributed by atoms with van der Waals surface area (Å²) in [5.74, 6) is 0.462. The number of carbonyl (C=O) groups excluding carboxylic acids is 1. The minimum absolute atomic E-state index is 0.136. The Kier molecular flexibility index (Phi) is 5.69. The van der Waals surface area contributed by atoms with Crippen LogP contribution in [0.4, 0.5) is 11.4 Å². The van der Waals surface area contributed by atoms with Gasteiger partial charge >= 0.3 is 0 Å². The van der Waals surface area contributed by atoms with Crippen molar-refractivity contribution in [3.8, 4) is 5.75 Å². The first-order valence-corrected chi connectivity index (χ1v) is 7.80. The van der Waals surface area contributed by atoms with Crippen LogP contribution in [0.2, 0.25) is 5.02 Å². The number of aryl methyl sites for hydroxylation is 1. The smallest absolute Gasteiger partial charge is 0.243 e. The molecule has 4 nitrogen and oxygen atoms in total. The molecule has 116 valence electrons. The highest BCUT2D eigenvalue weighted by atomic mass is 79.9. The van der Waals surface area contributed by atoms with Gasteiger partial charge in [0, 0.05) is 15.8 Å². The van der Waals surface area contributed by atoms with Crippen LogP contribution in [0.3, 0.4) is 0 Å². The maximum atomic E-state index is 11.9. The van der Waals surface area contributed by atoms with Gasteiger partial charge in [-0.1, -0.05) is 33.6 Å². The molecule has 1 amide bonds. The van der Waals surface area contributed by atoms with E-state index in [0.717, 1.165) is 21.4 Å². The zero-order valence-electron chi connectivity index (χ0n) is 12.2. The molecule has 0 saturated carbocycles. The summed E-state index contributed by atoms with van der Waals surface area (Å²) in [6, 6.07) is 11.0. The molecule has 0 unspecified atom stereocenters. The predicted octanol–water partition coefficient (Wildman–Crippen LogP) is 4.47. The zero-order chi connectivity index (χ0) is 16.1. The van der Waals surface area contributed by atoms with E-state index in [4.69, 9.17) is 16.3 Å². The number of ether oxygens (including phenoxy) is 1. The average Bonchev–Trinajstić information content (AvgIpc) is 2.49. The summed E-state index contributed by atoms with van der Waals surface area (Å²) in [7, 11) is 1.56. The van der Waals surface area contributed by atoms with Gasteiger partial charge in [-0.2, -0.15) is 0 Å². The van der Waals surface area contributed by atoms with Crippen LogP contribution >= 0.6 is 27.5 Å². The first-order valence-electron chi connectivity index (χ1n) is 6.63. The Morgan fingerprint density at radius 1 is 1.23 bits per heavy atom. The number of methoxy groups -OCH3 is 1. The minimum atomic E-state index is -0.136. The summed E-state index contributed by atoms with van der Waals surface area (Å²) in [5, 5.41) is 6.34. The Morgan fingerprint density at radius 3 is 2.59 bits per heavy atom. The lowest BCUT2D eigenvalue weighted by Gasteiger charge is -2.10. The average molecular weight is 384 g/mol. The van der Waals surface area contributed by atoms with E-state index in [2.05, 4.69) is 26.6 Å². The molecule has 0 aliphatic rings. The molecule has 0 saturated heterocycles. The van der Waals surface area contributed by atoms with E-state index in [0.29, 0.717) is 10.8 Å². The maximum absolute atomic E-state index is 11.9. The Hall–Kier alpha value is -1.72. The molecule has 2 rings (SSSR count). The number of hydrogen-bond donors (Lipinski definition) is 2. The molecule has 2 aromatic rings. The molecule has 0 heterocycles. The first kappa shape index (κ1) is 16.6. The number of halogens is 2. The lowest BCUT2D eigenvalue weighted by atomic mass is 10.2. The van der Waals surface area contributed by atoms with Gasteiger partial charge in [-0.3, -0.25) is 4.79 Å². The fourth-order valence-corrected chi connectivity index (χ4v) is 2.47. The SMILES string of the molecule is COc1ccc(NCC(=O)Nc2ccc(C)c(Br)c2)cc1Cl. The molecule has 0 spiro atoms. The second kappa shape index (κ2) is 7.51. The third-order valence-corrected chi connectivity index (χ3v) is 4.21. The van der Waals surface area contributed by atoms with Crippen molar-refractivity contribution in [2.75, 3.05) is 24.3 Å². The second-order valence-corrected chi connectivity index (χ2v) is 5.98. The van der Waals surface area contributed by atoms with Crippen LogP contribution in [0.1, 0.15) is 5.56 Å². The van der Waals surface area contributed by atoms with Crippen molar-refractivity contribution in [2.45, 2.75) is 6.92 Å². The molecule has 0 radical (unpaired) electrons. The van der Waals surface area contributed by atoms with Gasteiger partial charge in [-0.05, 0) is 42.8 Å². The van der Waals surface area contributed by atoms with Crippen LogP contribution in [0.5, 0.6) is 5.75 Å². The number of benzene rings is 2. The van der Waals surface area contributed by atoms with Gasteiger partial charge in [0.1, 0.15) is 5.75 Å². The first-order chi connectivity index (χ1) is 10.5. The highest BCUT2D eigenvalue weighted by molar-refractivity contribution is 9.10. The van der Waals surface area contributed by atoms with Crippen LogP contribution in [0.25, 0.3) is 0 Å². The van der Waals surface area contributed by atoms with E-state index in [1.165, 1.54) is 0 Å². The van der Waals surface area contributed by atoms with Crippen LogP contribution in [-0.4, -0.2) is 19.6 Å². The van der Waals surface area contributed by atoms with Crippen LogP contribution in [0.15, 0.2) is 40.9 Å². The highest BCUT2D eigenvalue weighted by Gasteiger charge is 2.06. The molecular formula is C16H16BrClN2O2. The summed E-state index contributed by atoms with van der Waals surface area (Å²) < 4.78 is 6.04. The molecule has 22 heavy (non-hydrogen) atoms. The molecular weight excluding hydrogens is 368 g/mol. The Bertz CT molecular complexity index is 692. The molecule has 2 aromatic carbocycles. The summed E-state index contributed by atoms with van der Waals surface area (Å²) in [5.41, 5.74) is 2.62. The highest BCUT2D eigenvalue weighted by Crippen LogP contribution is 2.27. The quantitative estimate of drug-likeness (QED) is 0.801. The van der Waals surface area contributed by atoms with Gasteiger partial charge < -0.3 is 15.4 Å². The number of anilines is 2. The number of nitrogens with one attached hydrogen (secondary N) is 2. The van der Waals surface area contributed by atoms with Crippen molar-refractivity contribution >= 4 is 44.8 Å². The van der Waals surface area contributed by atoms with Crippen LogP contribution in [-0.2, 0) is 4.79 Å². The van der Waals surface area contributed by atoms with Gasteiger partial charge in [0.05, 0.1) is 18.7 Å². The van der Waals surface area contributed by atoms with E-state index in [-0.39, 0.29) is 12.5 Å². The largest absolute Gasteiger partial charge is 0.495 e. The van der Waals surface area contributed by atoms with Crippen molar-refractivity contribution < 1.29 is 9.53 Å². The van der Waals surface area contributed by atoms with E-state index in [1.54, 1.807) is 25.3 Å². The maximum Gasteiger partial charge on any atom is 0.243 e. The summed E-state index contributed by atoms with van der Waals surface area (Å²) in [6.45, 7) is 2.14.